The van der Waals surface area contributed by atoms with E-state index in [0.29, 0.717) is 19.8 Å². The highest BCUT2D eigenvalue weighted by molar-refractivity contribution is 7.13. The first-order valence-electron chi connectivity index (χ1n) is 5.04. The van der Waals surface area contributed by atoms with Gasteiger partial charge in [-0.2, -0.15) is 0 Å². The van der Waals surface area contributed by atoms with Crippen molar-refractivity contribution in [2.45, 2.75) is 6.61 Å². The molecule has 0 radical (unpaired) electrons. The van der Waals surface area contributed by atoms with E-state index in [9.17, 15) is 0 Å². The van der Waals surface area contributed by atoms with Gasteiger partial charge >= 0.3 is 0 Å². The number of thiazole rings is 1. The zero-order valence-electron chi connectivity index (χ0n) is 8.80. The van der Waals surface area contributed by atoms with Gasteiger partial charge in [-0.05, 0) is 12.1 Å². The minimum atomic E-state index is 0.514. The van der Waals surface area contributed by atoms with Crippen molar-refractivity contribution >= 4 is 11.3 Å². The van der Waals surface area contributed by atoms with Crippen molar-refractivity contribution < 1.29 is 4.74 Å². The van der Waals surface area contributed by atoms with Gasteiger partial charge in [0.1, 0.15) is 5.01 Å². The third-order valence-electron chi connectivity index (χ3n) is 1.95. The molecular weight excluding hydrogens is 222 g/mol. The molecule has 16 heavy (non-hydrogen) atoms. The summed E-state index contributed by atoms with van der Waals surface area (Å²) in [6.07, 6.45) is 1.77. The van der Waals surface area contributed by atoms with Gasteiger partial charge in [0, 0.05) is 18.1 Å². The van der Waals surface area contributed by atoms with E-state index in [1.165, 1.54) is 0 Å². The van der Waals surface area contributed by atoms with Crippen LogP contribution >= 0.6 is 11.3 Å². The molecule has 0 fully saturated rings. The van der Waals surface area contributed by atoms with Gasteiger partial charge in [-0.15, -0.1) is 11.3 Å². The second-order valence-electron chi connectivity index (χ2n) is 3.20. The van der Waals surface area contributed by atoms with Crippen LogP contribution in [-0.2, 0) is 11.3 Å². The fourth-order valence-corrected chi connectivity index (χ4v) is 2.02. The predicted octanol–water partition coefficient (Wildman–Crippen LogP) is 1.68. The maximum absolute atomic E-state index is 5.34. The van der Waals surface area contributed by atoms with Gasteiger partial charge in [-0.3, -0.25) is 4.98 Å². The van der Waals surface area contributed by atoms with Crippen LogP contribution in [0.1, 0.15) is 5.69 Å². The molecule has 0 saturated carbocycles. The molecule has 2 aromatic rings. The van der Waals surface area contributed by atoms with E-state index >= 15 is 0 Å². The topological polar surface area (TPSA) is 61.0 Å². The standard InChI is InChI=1S/C11H13N3OS/c12-4-6-15-7-9-8-16-11(14-9)10-3-1-2-5-13-10/h1-3,5,8H,4,6-7,12H2. The van der Waals surface area contributed by atoms with E-state index < -0.39 is 0 Å². The predicted molar refractivity (Wildman–Crippen MR) is 64.1 cm³/mol. The third kappa shape index (κ3) is 2.85. The molecular formula is C11H13N3OS. The molecule has 2 aromatic heterocycles. The van der Waals surface area contributed by atoms with Crippen molar-refractivity contribution in [1.29, 1.82) is 0 Å². The number of ether oxygens (including phenoxy) is 1. The van der Waals surface area contributed by atoms with E-state index in [-0.39, 0.29) is 0 Å². The molecule has 0 aliphatic heterocycles. The summed E-state index contributed by atoms with van der Waals surface area (Å²) in [5.74, 6) is 0. The van der Waals surface area contributed by atoms with Gasteiger partial charge in [-0.25, -0.2) is 4.98 Å². The van der Waals surface area contributed by atoms with Crippen LogP contribution in [0.4, 0.5) is 0 Å². The lowest BCUT2D eigenvalue weighted by molar-refractivity contribution is 0.126. The Kier molecular flexibility index (Phi) is 3.98. The van der Waals surface area contributed by atoms with Crippen molar-refractivity contribution in [3.63, 3.8) is 0 Å². The summed E-state index contributed by atoms with van der Waals surface area (Å²) >= 11 is 1.58. The van der Waals surface area contributed by atoms with Crippen LogP contribution in [0.2, 0.25) is 0 Å². The second kappa shape index (κ2) is 5.69. The minimum absolute atomic E-state index is 0.514. The fraction of sp³-hybridized carbons (Fsp3) is 0.273. The van der Waals surface area contributed by atoms with Crippen LogP contribution in [0, 0.1) is 0 Å². The number of nitrogens with zero attached hydrogens (tertiary/aromatic N) is 2. The van der Waals surface area contributed by atoms with Crippen LogP contribution < -0.4 is 5.73 Å². The van der Waals surface area contributed by atoms with E-state index in [0.717, 1.165) is 16.4 Å². The van der Waals surface area contributed by atoms with Crippen LogP contribution in [0.25, 0.3) is 10.7 Å². The summed E-state index contributed by atoms with van der Waals surface area (Å²) in [4.78, 5) is 8.69. The smallest absolute Gasteiger partial charge is 0.142 e. The van der Waals surface area contributed by atoms with E-state index in [1.807, 2.05) is 23.6 Å². The van der Waals surface area contributed by atoms with Crippen molar-refractivity contribution in [2.24, 2.45) is 5.73 Å². The lowest BCUT2D eigenvalue weighted by Crippen LogP contribution is -2.08. The van der Waals surface area contributed by atoms with Crippen LogP contribution in [0.5, 0.6) is 0 Å². The molecule has 0 aliphatic carbocycles. The van der Waals surface area contributed by atoms with E-state index in [1.54, 1.807) is 17.5 Å². The molecule has 0 aromatic carbocycles. The lowest BCUT2D eigenvalue weighted by atomic mass is 10.4. The Balaban J connectivity index is 2.02. The minimum Gasteiger partial charge on any atom is -0.374 e. The van der Waals surface area contributed by atoms with Gasteiger partial charge in [0.25, 0.3) is 0 Å². The van der Waals surface area contributed by atoms with Gasteiger partial charge < -0.3 is 10.5 Å². The zero-order valence-corrected chi connectivity index (χ0v) is 9.61. The van der Waals surface area contributed by atoms with E-state index in [4.69, 9.17) is 10.5 Å². The number of pyridine rings is 1. The highest BCUT2D eigenvalue weighted by atomic mass is 32.1. The molecule has 0 unspecified atom stereocenters. The number of nitrogens with two attached hydrogens (primary N) is 1. The summed E-state index contributed by atoms with van der Waals surface area (Å²) in [5.41, 5.74) is 7.17. The molecule has 0 atom stereocenters. The van der Waals surface area contributed by atoms with E-state index in [2.05, 4.69) is 9.97 Å². The Morgan fingerprint density at radius 3 is 3.06 bits per heavy atom. The zero-order chi connectivity index (χ0) is 11.2. The number of hydrogen-bond acceptors (Lipinski definition) is 5. The molecule has 0 spiro atoms. The van der Waals surface area contributed by atoms with Gasteiger partial charge in [0.2, 0.25) is 0 Å². The highest BCUT2D eigenvalue weighted by Crippen LogP contribution is 2.21. The van der Waals surface area contributed by atoms with Gasteiger partial charge in [-0.1, -0.05) is 6.07 Å². The summed E-state index contributed by atoms with van der Waals surface area (Å²) in [5, 5.41) is 2.91. The van der Waals surface area contributed by atoms with Gasteiger partial charge in [0.15, 0.2) is 0 Å². The van der Waals surface area contributed by atoms with Crippen molar-refractivity contribution in [1.82, 2.24) is 9.97 Å². The molecule has 0 aliphatic rings. The number of rotatable bonds is 5. The fourth-order valence-electron chi connectivity index (χ4n) is 1.24. The van der Waals surface area contributed by atoms with Gasteiger partial charge in [0.05, 0.1) is 24.6 Å². The largest absolute Gasteiger partial charge is 0.374 e. The monoisotopic (exact) mass is 235 g/mol. The molecule has 2 rings (SSSR count). The molecule has 0 amide bonds. The molecule has 0 saturated heterocycles. The first-order chi connectivity index (χ1) is 7.90. The second-order valence-corrected chi connectivity index (χ2v) is 4.06. The quantitative estimate of drug-likeness (QED) is 0.801. The third-order valence-corrected chi connectivity index (χ3v) is 2.86. The van der Waals surface area contributed by atoms with Crippen molar-refractivity contribution in [3.05, 3.63) is 35.5 Å². The number of hydrogen-bond donors (Lipinski definition) is 1. The van der Waals surface area contributed by atoms with Crippen molar-refractivity contribution in [2.75, 3.05) is 13.2 Å². The van der Waals surface area contributed by atoms with Crippen molar-refractivity contribution in [3.8, 4) is 10.7 Å². The maximum atomic E-state index is 5.34. The Hall–Kier alpha value is -1.30. The van der Waals surface area contributed by atoms with Crippen LogP contribution in [0.3, 0.4) is 0 Å². The summed E-state index contributed by atoms with van der Waals surface area (Å²) in [6.45, 7) is 1.62. The SMILES string of the molecule is NCCOCc1csc(-c2ccccn2)n1. The average Bonchev–Trinajstić information content (AvgIpc) is 2.79. The summed E-state index contributed by atoms with van der Waals surface area (Å²) in [6, 6.07) is 5.79. The summed E-state index contributed by atoms with van der Waals surface area (Å²) < 4.78 is 5.32. The molecule has 84 valence electrons. The molecule has 2 N–H and O–H groups in total. The Labute approximate surface area is 98.1 Å². The number of aromatic nitrogens is 2. The first-order valence-corrected chi connectivity index (χ1v) is 5.92. The normalized spacial score (nSPS) is 10.6. The molecule has 2 heterocycles. The van der Waals surface area contributed by atoms with Crippen LogP contribution in [0.15, 0.2) is 29.8 Å². The highest BCUT2D eigenvalue weighted by Gasteiger charge is 2.04. The lowest BCUT2D eigenvalue weighted by Gasteiger charge is -1.97. The molecule has 5 heteroatoms. The Bertz CT molecular complexity index is 430. The Morgan fingerprint density at radius 2 is 2.31 bits per heavy atom. The first kappa shape index (κ1) is 11.2. The average molecular weight is 235 g/mol. The Morgan fingerprint density at radius 1 is 1.38 bits per heavy atom. The maximum Gasteiger partial charge on any atom is 0.142 e. The van der Waals surface area contributed by atoms with Crippen LogP contribution in [-0.4, -0.2) is 23.1 Å². The summed E-state index contributed by atoms with van der Waals surface area (Å²) in [7, 11) is 0. The molecule has 4 nitrogen and oxygen atoms in total. The molecule has 0 bridgehead atoms.